The van der Waals surface area contributed by atoms with E-state index in [1.807, 2.05) is 19.9 Å². The number of nitrogens with one attached hydrogen (secondary N) is 2. The summed E-state index contributed by atoms with van der Waals surface area (Å²) in [4.78, 5) is 2.58. The summed E-state index contributed by atoms with van der Waals surface area (Å²) in [5.74, 6) is 1.74. The Labute approximate surface area is 211 Å². The molecule has 1 aromatic heterocycles. The lowest BCUT2D eigenvalue weighted by molar-refractivity contribution is 0.301. The van der Waals surface area contributed by atoms with Crippen LogP contribution < -0.4 is 15.5 Å². The van der Waals surface area contributed by atoms with Crippen LogP contribution >= 0.6 is 0 Å². The molecule has 1 fully saturated rings. The number of hydrogen-bond donors (Lipinski definition) is 2. The van der Waals surface area contributed by atoms with Crippen molar-refractivity contribution in [3.63, 3.8) is 0 Å². The highest BCUT2D eigenvalue weighted by Gasteiger charge is 2.25. The lowest BCUT2D eigenvalue weighted by atomic mass is 9.92. The van der Waals surface area contributed by atoms with Gasteiger partial charge in [0.05, 0.1) is 7.11 Å². The van der Waals surface area contributed by atoms with Crippen LogP contribution in [0.25, 0.3) is 16.7 Å². The first-order chi connectivity index (χ1) is 16.8. The molecule has 1 aliphatic carbocycles. The van der Waals surface area contributed by atoms with Gasteiger partial charge in [-0.05, 0) is 76.9 Å². The van der Waals surface area contributed by atoms with Gasteiger partial charge in [0.25, 0.3) is 0 Å². The molecule has 1 aromatic carbocycles. The van der Waals surface area contributed by atoms with E-state index in [2.05, 4.69) is 61.6 Å². The number of fused-ring (bicyclic) bond motifs is 1. The van der Waals surface area contributed by atoms with Crippen molar-refractivity contribution in [2.45, 2.75) is 72.8 Å². The lowest BCUT2D eigenvalue weighted by Gasteiger charge is -2.37. The highest BCUT2D eigenvalue weighted by molar-refractivity contribution is 5.96. The average Bonchev–Trinajstić information content (AvgIpc) is 3.21. The van der Waals surface area contributed by atoms with Gasteiger partial charge in [-0.1, -0.05) is 32.4 Å². The summed E-state index contributed by atoms with van der Waals surface area (Å²) >= 11 is 0. The topological polar surface area (TPSA) is 49.7 Å². The fourth-order valence-electron chi connectivity index (χ4n) is 5.27. The summed E-state index contributed by atoms with van der Waals surface area (Å²) < 4.78 is 11.8. The number of furan rings is 1. The first-order valence-corrected chi connectivity index (χ1v) is 12.8. The van der Waals surface area contributed by atoms with E-state index < -0.39 is 0 Å². The van der Waals surface area contributed by atoms with E-state index in [0.29, 0.717) is 12.6 Å². The number of aryl methyl sites for hydroxylation is 1. The lowest BCUT2D eigenvalue weighted by Crippen LogP contribution is -2.37. The fraction of sp³-hybridized carbons (Fsp3) is 0.467. The van der Waals surface area contributed by atoms with Crippen LogP contribution in [0.5, 0.6) is 0 Å². The molecule has 5 heteroatoms. The van der Waals surface area contributed by atoms with E-state index in [0.717, 1.165) is 51.6 Å². The van der Waals surface area contributed by atoms with Gasteiger partial charge < -0.3 is 24.7 Å². The first kappa shape index (κ1) is 26.5. The molecule has 0 amide bonds. The van der Waals surface area contributed by atoms with Crippen LogP contribution in [-0.4, -0.2) is 26.2 Å². The zero-order valence-corrected chi connectivity index (χ0v) is 22.5. The summed E-state index contributed by atoms with van der Waals surface area (Å²) in [7, 11) is 1.70. The van der Waals surface area contributed by atoms with Gasteiger partial charge in [-0.2, -0.15) is 0 Å². The average molecular weight is 478 g/mol. The Bertz CT molecular complexity index is 1120. The number of anilines is 1. The Kier molecular flexibility index (Phi) is 9.13. The van der Waals surface area contributed by atoms with E-state index in [4.69, 9.17) is 9.15 Å². The highest BCUT2D eigenvalue weighted by Crippen LogP contribution is 2.38. The fourth-order valence-corrected chi connectivity index (χ4v) is 5.27. The molecule has 0 bridgehead atoms. The minimum absolute atomic E-state index is 0.587. The number of benzene rings is 1. The molecule has 1 aliphatic rings. The quantitative estimate of drug-likeness (QED) is 0.262. The monoisotopic (exact) mass is 477 g/mol. The van der Waals surface area contributed by atoms with E-state index in [-0.39, 0.29) is 0 Å². The molecule has 35 heavy (non-hydrogen) atoms. The Morgan fingerprint density at radius 3 is 2.54 bits per heavy atom. The smallest absolute Gasteiger partial charge is 0.137 e. The molecule has 1 saturated carbocycles. The molecule has 5 nitrogen and oxygen atoms in total. The number of methoxy groups -OCH3 is 1. The standard InChI is InChI=1S/C30H43N3O2/c1-9-31-21(4)16-28(34-8)20(3)19-32-24(7)30-23(6)27(18-29-26(30)17-22(5)35-29)33(10-2)25-14-12-11-13-15-25/h9,16-18,25,31-32H,1,7,10-15,19H2,2-6,8H3/b21-16-,28-20-. The largest absolute Gasteiger partial charge is 0.497 e. The predicted molar refractivity (Wildman–Crippen MR) is 149 cm³/mol. The number of allylic oxidation sites excluding steroid dienone is 2. The van der Waals surface area contributed by atoms with Crippen LogP contribution in [0.2, 0.25) is 0 Å². The van der Waals surface area contributed by atoms with Gasteiger partial charge in [-0.25, -0.2) is 0 Å². The maximum absolute atomic E-state index is 6.14. The summed E-state index contributed by atoms with van der Waals surface area (Å²) in [5.41, 5.74) is 7.53. The molecule has 2 aromatic rings. The van der Waals surface area contributed by atoms with Crippen molar-refractivity contribution >= 4 is 22.4 Å². The third-order valence-corrected chi connectivity index (χ3v) is 7.03. The zero-order valence-electron chi connectivity index (χ0n) is 22.5. The van der Waals surface area contributed by atoms with Crippen molar-refractivity contribution < 1.29 is 9.15 Å². The summed E-state index contributed by atoms with van der Waals surface area (Å²) in [6.07, 6.45) is 10.1. The zero-order chi connectivity index (χ0) is 25.5. The molecule has 0 radical (unpaired) electrons. The van der Waals surface area contributed by atoms with E-state index in [1.54, 1.807) is 13.3 Å². The van der Waals surface area contributed by atoms with Crippen molar-refractivity contribution in [3.8, 4) is 0 Å². The molecule has 0 atom stereocenters. The summed E-state index contributed by atoms with van der Waals surface area (Å²) in [5, 5.41) is 7.77. The third-order valence-electron chi connectivity index (χ3n) is 7.03. The van der Waals surface area contributed by atoms with E-state index >= 15 is 0 Å². The second-order valence-electron chi connectivity index (χ2n) is 9.60. The summed E-state index contributed by atoms with van der Waals surface area (Å²) in [6.45, 7) is 20.3. The highest BCUT2D eigenvalue weighted by atomic mass is 16.5. The predicted octanol–water partition coefficient (Wildman–Crippen LogP) is 7.33. The minimum atomic E-state index is 0.587. The Morgan fingerprint density at radius 1 is 1.20 bits per heavy atom. The number of rotatable bonds is 11. The van der Waals surface area contributed by atoms with E-state index in [9.17, 15) is 0 Å². The van der Waals surface area contributed by atoms with Gasteiger partial charge in [0.2, 0.25) is 0 Å². The van der Waals surface area contributed by atoms with Gasteiger partial charge in [0, 0.05) is 53.2 Å². The summed E-state index contributed by atoms with van der Waals surface area (Å²) in [6, 6.07) is 4.95. The van der Waals surface area contributed by atoms with Crippen molar-refractivity contribution in [2.24, 2.45) is 0 Å². The van der Waals surface area contributed by atoms with Crippen LogP contribution in [0.15, 0.2) is 59.0 Å². The number of hydrogen-bond acceptors (Lipinski definition) is 5. The Balaban J connectivity index is 1.95. The maximum atomic E-state index is 6.14. The number of nitrogens with zero attached hydrogens (tertiary/aromatic N) is 1. The van der Waals surface area contributed by atoms with Gasteiger partial charge in [0.15, 0.2) is 0 Å². The second-order valence-corrected chi connectivity index (χ2v) is 9.60. The van der Waals surface area contributed by atoms with Crippen molar-refractivity contribution in [2.75, 3.05) is 25.1 Å². The van der Waals surface area contributed by atoms with Crippen LogP contribution in [0, 0.1) is 13.8 Å². The SMILES string of the molecule is C=CN/C(C)=C\C(OC)=C(/C)CNC(=C)c1c(C)c(N(CC)C2CCCCC2)cc2oc(C)cc12. The Morgan fingerprint density at radius 2 is 1.91 bits per heavy atom. The normalized spacial score (nSPS) is 15.5. The second kappa shape index (κ2) is 12.1. The molecular formula is C30H43N3O2. The molecule has 0 aliphatic heterocycles. The molecule has 3 rings (SSSR count). The van der Waals surface area contributed by atoms with Gasteiger partial charge in [0.1, 0.15) is 17.1 Å². The van der Waals surface area contributed by atoms with Gasteiger partial charge >= 0.3 is 0 Å². The van der Waals surface area contributed by atoms with Crippen molar-refractivity contribution in [1.29, 1.82) is 0 Å². The van der Waals surface area contributed by atoms with Crippen molar-refractivity contribution in [3.05, 3.63) is 71.5 Å². The number of ether oxygens (including phenoxy) is 1. The molecule has 0 unspecified atom stereocenters. The van der Waals surface area contributed by atoms with Crippen molar-refractivity contribution in [1.82, 2.24) is 10.6 Å². The molecule has 0 spiro atoms. The van der Waals surface area contributed by atoms with E-state index in [1.165, 1.54) is 43.4 Å². The van der Waals surface area contributed by atoms with Gasteiger partial charge in [-0.15, -0.1) is 0 Å². The van der Waals surface area contributed by atoms with Crippen LogP contribution in [0.1, 0.15) is 69.8 Å². The molecule has 2 N–H and O–H groups in total. The molecule has 1 heterocycles. The maximum Gasteiger partial charge on any atom is 0.137 e. The van der Waals surface area contributed by atoms with Crippen LogP contribution in [0.3, 0.4) is 0 Å². The third kappa shape index (κ3) is 6.14. The molecule has 190 valence electrons. The first-order valence-electron chi connectivity index (χ1n) is 12.8. The van der Waals surface area contributed by atoms with Gasteiger partial charge in [-0.3, -0.25) is 0 Å². The molecular weight excluding hydrogens is 434 g/mol. The minimum Gasteiger partial charge on any atom is -0.497 e. The van der Waals surface area contributed by atoms with Crippen LogP contribution in [-0.2, 0) is 4.74 Å². The molecule has 0 saturated heterocycles. The van der Waals surface area contributed by atoms with Crippen LogP contribution in [0.4, 0.5) is 5.69 Å². The Hall–Kier alpha value is -3.08.